The van der Waals surface area contributed by atoms with Crippen molar-refractivity contribution in [3.05, 3.63) is 24.3 Å². The van der Waals surface area contributed by atoms with Crippen LogP contribution >= 0.6 is 0 Å². The minimum atomic E-state index is -0.988. The maximum atomic E-state index is 13.0. The summed E-state index contributed by atoms with van der Waals surface area (Å²) >= 11 is 0. The first-order valence-corrected chi connectivity index (χ1v) is 10.3. The van der Waals surface area contributed by atoms with Crippen molar-refractivity contribution in [1.29, 1.82) is 0 Å². The Labute approximate surface area is 171 Å². The maximum absolute atomic E-state index is 13.0. The van der Waals surface area contributed by atoms with Gasteiger partial charge in [-0.1, -0.05) is 19.1 Å². The fourth-order valence-electron chi connectivity index (χ4n) is 4.24. The lowest BCUT2D eigenvalue weighted by Gasteiger charge is -2.38. The number of carbonyl (C=O) groups is 3. The third-order valence-corrected chi connectivity index (χ3v) is 6.02. The van der Waals surface area contributed by atoms with Gasteiger partial charge in [0.05, 0.1) is 25.3 Å². The number of methoxy groups -OCH3 is 1. The van der Waals surface area contributed by atoms with E-state index in [-0.39, 0.29) is 24.8 Å². The fraction of sp³-hybridized carbons (Fsp3) is 0.591. The highest BCUT2D eigenvalue weighted by molar-refractivity contribution is 6.02. The summed E-state index contributed by atoms with van der Waals surface area (Å²) in [4.78, 5) is 39.8. The molecule has 0 spiro atoms. The highest BCUT2D eigenvalue weighted by Crippen LogP contribution is 2.35. The lowest BCUT2D eigenvalue weighted by atomic mass is 9.76. The number of hydrogen-bond donors (Lipinski definition) is 1. The molecule has 7 heteroatoms. The number of para-hydroxylation sites is 2. The number of esters is 1. The predicted octanol–water partition coefficient (Wildman–Crippen LogP) is 2.68. The van der Waals surface area contributed by atoms with Gasteiger partial charge in [0, 0.05) is 13.0 Å². The quantitative estimate of drug-likeness (QED) is 0.740. The smallest absolute Gasteiger partial charge is 0.331 e. The van der Waals surface area contributed by atoms with Crippen LogP contribution in [-0.4, -0.2) is 43.6 Å². The summed E-state index contributed by atoms with van der Waals surface area (Å²) < 4.78 is 10.6. The minimum absolute atomic E-state index is 0.111. The molecule has 1 atom stereocenters. The molecule has 1 aliphatic carbocycles. The van der Waals surface area contributed by atoms with Gasteiger partial charge in [-0.2, -0.15) is 0 Å². The normalized spacial score (nSPS) is 26.9. The van der Waals surface area contributed by atoms with E-state index in [0.29, 0.717) is 36.8 Å². The topological polar surface area (TPSA) is 84.9 Å². The molecule has 0 radical (unpaired) electrons. The van der Waals surface area contributed by atoms with Gasteiger partial charge < -0.3 is 19.7 Å². The van der Waals surface area contributed by atoms with Crippen molar-refractivity contribution >= 4 is 23.5 Å². The molecule has 1 saturated heterocycles. The molecule has 1 aromatic rings. The fourth-order valence-corrected chi connectivity index (χ4v) is 4.24. The number of anilines is 1. The van der Waals surface area contributed by atoms with Crippen LogP contribution in [0.3, 0.4) is 0 Å². The van der Waals surface area contributed by atoms with Crippen molar-refractivity contribution in [2.75, 3.05) is 25.2 Å². The van der Waals surface area contributed by atoms with E-state index in [2.05, 4.69) is 12.2 Å². The Balaban J connectivity index is 1.74. The van der Waals surface area contributed by atoms with Crippen LogP contribution in [-0.2, 0) is 19.1 Å². The molecule has 1 unspecified atom stereocenters. The molecule has 1 aliphatic heterocycles. The second-order valence-electron chi connectivity index (χ2n) is 8.05. The highest BCUT2D eigenvalue weighted by atomic mass is 16.5. The predicted molar refractivity (Wildman–Crippen MR) is 109 cm³/mol. The first-order chi connectivity index (χ1) is 13.9. The van der Waals surface area contributed by atoms with E-state index in [1.807, 2.05) is 31.2 Å². The molecule has 158 valence electrons. The zero-order chi connectivity index (χ0) is 21.0. The number of ether oxygens (including phenoxy) is 2. The summed E-state index contributed by atoms with van der Waals surface area (Å²) in [6, 6.07) is 7.33. The van der Waals surface area contributed by atoms with Crippen LogP contribution in [0.25, 0.3) is 0 Å². The average Bonchev–Trinajstić information content (AvgIpc) is 3.11. The third kappa shape index (κ3) is 4.38. The van der Waals surface area contributed by atoms with Crippen molar-refractivity contribution < 1.29 is 23.9 Å². The largest absolute Gasteiger partial charge is 0.492 e. The molecule has 29 heavy (non-hydrogen) atoms. The number of nitrogens with zero attached hydrogens (tertiary/aromatic N) is 1. The first-order valence-electron chi connectivity index (χ1n) is 10.3. The van der Waals surface area contributed by atoms with Gasteiger partial charge in [0.2, 0.25) is 11.8 Å². The van der Waals surface area contributed by atoms with Gasteiger partial charge in [-0.05, 0) is 50.7 Å². The van der Waals surface area contributed by atoms with Gasteiger partial charge >= 0.3 is 5.97 Å². The van der Waals surface area contributed by atoms with Crippen molar-refractivity contribution in [2.24, 2.45) is 11.8 Å². The zero-order valence-corrected chi connectivity index (χ0v) is 17.4. The van der Waals surface area contributed by atoms with Crippen LogP contribution in [0.2, 0.25) is 0 Å². The Morgan fingerprint density at radius 3 is 2.59 bits per heavy atom. The third-order valence-electron chi connectivity index (χ3n) is 6.02. The molecule has 1 heterocycles. The summed E-state index contributed by atoms with van der Waals surface area (Å²) in [6.45, 7) is 4.79. The van der Waals surface area contributed by atoms with Crippen LogP contribution < -0.4 is 15.0 Å². The second kappa shape index (κ2) is 8.84. The van der Waals surface area contributed by atoms with E-state index in [1.54, 1.807) is 4.90 Å². The summed E-state index contributed by atoms with van der Waals surface area (Å²) in [5.74, 6) is -0.171. The molecule has 0 bridgehead atoms. The summed E-state index contributed by atoms with van der Waals surface area (Å²) in [7, 11) is 1.35. The number of benzene rings is 1. The zero-order valence-electron chi connectivity index (χ0n) is 17.4. The van der Waals surface area contributed by atoms with E-state index in [9.17, 15) is 14.4 Å². The average molecular weight is 402 g/mol. The highest BCUT2D eigenvalue weighted by Gasteiger charge is 2.46. The standard InChI is InChI=1S/C22H30N2O5/c1-4-29-18-8-6-5-7-17(18)24-14-16(13-19(24)25)20(26)23-22(21(27)28-3)11-9-15(2)10-12-22/h5-8,15-16H,4,9-14H2,1-3H3,(H,23,26). The Kier molecular flexibility index (Phi) is 6.45. The Morgan fingerprint density at radius 2 is 1.93 bits per heavy atom. The van der Waals surface area contributed by atoms with Crippen LogP contribution in [0, 0.1) is 11.8 Å². The van der Waals surface area contributed by atoms with Crippen molar-refractivity contribution in [3.63, 3.8) is 0 Å². The number of carbonyl (C=O) groups excluding carboxylic acids is 3. The summed E-state index contributed by atoms with van der Waals surface area (Å²) in [5, 5.41) is 2.95. The number of amides is 2. The first kappa shape index (κ1) is 21.1. The van der Waals surface area contributed by atoms with E-state index < -0.39 is 17.4 Å². The van der Waals surface area contributed by atoms with E-state index in [4.69, 9.17) is 9.47 Å². The number of rotatable bonds is 6. The lowest BCUT2D eigenvalue weighted by molar-refractivity contribution is -0.153. The van der Waals surface area contributed by atoms with E-state index in [0.717, 1.165) is 12.8 Å². The van der Waals surface area contributed by atoms with Crippen molar-refractivity contribution in [3.8, 4) is 5.75 Å². The Morgan fingerprint density at radius 1 is 1.24 bits per heavy atom. The lowest BCUT2D eigenvalue weighted by Crippen LogP contribution is -2.58. The van der Waals surface area contributed by atoms with Gasteiger partial charge in [-0.3, -0.25) is 9.59 Å². The SMILES string of the molecule is CCOc1ccccc1N1CC(C(=O)NC2(C(=O)OC)CCC(C)CC2)CC1=O. The molecule has 3 rings (SSSR count). The number of hydrogen-bond acceptors (Lipinski definition) is 5. The summed E-state index contributed by atoms with van der Waals surface area (Å²) in [5.41, 5.74) is -0.318. The van der Waals surface area contributed by atoms with E-state index in [1.165, 1.54) is 7.11 Å². The van der Waals surface area contributed by atoms with Crippen molar-refractivity contribution in [1.82, 2.24) is 5.32 Å². The molecule has 1 N–H and O–H groups in total. The monoisotopic (exact) mass is 402 g/mol. The minimum Gasteiger partial charge on any atom is -0.492 e. The van der Waals surface area contributed by atoms with E-state index >= 15 is 0 Å². The molecule has 2 amide bonds. The molecule has 1 aromatic carbocycles. The van der Waals surface area contributed by atoms with Gasteiger partial charge in [0.15, 0.2) is 0 Å². The molecule has 0 aromatic heterocycles. The molecular weight excluding hydrogens is 372 g/mol. The van der Waals surface area contributed by atoms with Gasteiger partial charge in [0.25, 0.3) is 0 Å². The molecule has 2 fully saturated rings. The second-order valence-corrected chi connectivity index (χ2v) is 8.05. The Hall–Kier alpha value is -2.57. The van der Waals surface area contributed by atoms with Crippen LogP contribution in [0.1, 0.15) is 46.0 Å². The summed E-state index contributed by atoms with van der Waals surface area (Å²) in [6.07, 6.45) is 2.94. The molecule has 7 nitrogen and oxygen atoms in total. The molecule has 1 saturated carbocycles. The van der Waals surface area contributed by atoms with Crippen LogP contribution in [0.15, 0.2) is 24.3 Å². The maximum Gasteiger partial charge on any atom is 0.331 e. The van der Waals surface area contributed by atoms with Crippen LogP contribution in [0.4, 0.5) is 5.69 Å². The Bertz CT molecular complexity index is 770. The van der Waals surface area contributed by atoms with Crippen LogP contribution in [0.5, 0.6) is 5.75 Å². The molecular formula is C22H30N2O5. The van der Waals surface area contributed by atoms with Gasteiger partial charge in [0.1, 0.15) is 11.3 Å². The molecule has 2 aliphatic rings. The van der Waals surface area contributed by atoms with Gasteiger partial charge in [-0.15, -0.1) is 0 Å². The van der Waals surface area contributed by atoms with Gasteiger partial charge in [-0.25, -0.2) is 4.79 Å². The number of nitrogens with one attached hydrogen (secondary N) is 1. The van der Waals surface area contributed by atoms with Crippen molar-refractivity contribution in [2.45, 2.75) is 51.5 Å².